The van der Waals surface area contributed by atoms with Gasteiger partial charge in [-0.3, -0.25) is 4.79 Å². The van der Waals surface area contributed by atoms with Crippen molar-refractivity contribution in [1.82, 2.24) is 20.2 Å². The Hall–Kier alpha value is -4.19. The van der Waals surface area contributed by atoms with Crippen LogP contribution >= 0.6 is 0 Å². The number of aromatic nitrogens is 2. The lowest BCUT2D eigenvalue weighted by Gasteiger charge is -2.61. The summed E-state index contributed by atoms with van der Waals surface area (Å²) in [5, 5.41) is 3.01. The molecule has 11 nitrogen and oxygen atoms in total. The first-order valence-corrected chi connectivity index (χ1v) is 19.3. The molecule has 3 aromatic rings. The van der Waals surface area contributed by atoms with Gasteiger partial charge in [-0.2, -0.15) is 4.98 Å². The van der Waals surface area contributed by atoms with E-state index in [-0.39, 0.29) is 58.1 Å². The number of fused-ring (bicyclic) bond motifs is 4. The second-order valence-corrected chi connectivity index (χ2v) is 19.0. The van der Waals surface area contributed by atoms with Gasteiger partial charge in [0.15, 0.2) is 0 Å². The van der Waals surface area contributed by atoms with E-state index >= 15 is 0 Å². The maximum absolute atomic E-state index is 14.8. The van der Waals surface area contributed by atoms with Crippen molar-refractivity contribution in [2.75, 3.05) is 11.3 Å². The van der Waals surface area contributed by atoms with E-state index in [4.69, 9.17) is 9.47 Å². The number of nitrogens with zero attached hydrogens (tertiary/aromatic N) is 3. The third-order valence-corrected chi connectivity index (χ3v) is 12.4. The third-order valence-electron chi connectivity index (χ3n) is 11.1. The summed E-state index contributed by atoms with van der Waals surface area (Å²) in [7, 11) is -4.16. The van der Waals surface area contributed by atoms with Crippen molar-refractivity contribution in [3.8, 4) is 17.1 Å². The number of benzene rings is 2. The topological polar surface area (TPSA) is 140 Å². The maximum Gasteiger partial charge on any atom is 0.407 e. The van der Waals surface area contributed by atoms with Crippen LogP contribution in [-0.2, 0) is 14.8 Å². The summed E-state index contributed by atoms with van der Waals surface area (Å²) < 4.78 is 42.2. The molecule has 7 rings (SSSR count). The molecule has 3 aliphatic carbocycles. The van der Waals surface area contributed by atoms with Gasteiger partial charge in [-0.1, -0.05) is 45.0 Å². The molecule has 2 amide bonds. The normalized spacial score (nSPS) is 28.2. The zero-order valence-electron chi connectivity index (χ0n) is 30.8. The molecule has 12 heteroatoms. The highest BCUT2D eigenvalue weighted by atomic mass is 32.2. The third kappa shape index (κ3) is 6.67. The van der Waals surface area contributed by atoms with Crippen LogP contribution in [0.4, 0.5) is 10.7 Å². The molecule has 1 aliphatic heterocycles. The second kappa shape index (κ2) is 11.9. The van der Waals surface area contributed by atoms with Crippen LogP contribution in [0.3, 0.4) is 0 Å². The summed E-state index contributed by atoms with van der Waals surface area (Å²) in [6.45, 7) is 16.3. The van der Waals surface area contributed by atoms with Crippen LogP contribution in [0.25, 0.3) is 11.3 Å². The number of sulfonamides is 1. The van der Waals surface area contributed by atoms with E-state index in [1.165, 1.54) is 12.1 Å². The number of hydrogen-bond donors (Lipinski definition) is 2. The summed E-state index contributed by atoms with van der Waals surface area (Å²) >= 11 is 0. The number of anilines is 1. The number of amides is 2. The van der Waals surface area contributed by atoms with Gasteiger partial charge in [0.1, 0.15) is 12.2 Å². The summed E-state index contributed by atoms with van der Waals surface area (Å²) in [4.78, 5) is 38.4. The smallest absolute Gasteiger partial charge is 0.407 e. The van der Waals surface area contributed by atoms with Gasteiger partial charge in [0, 0.05) is 29.3 Å². The van der Waals surface area contributed by atoms with Crippen molar-refractivity contribution in [2.45, 2.75) is 116 Å². The number of carbonyl (C=O) groups is 2. The summed E-state index contributed by atoms with van der Waals surface area (Å²) in [5.41, 5.74) is 2.38. The lowest BCUT2D eigenvalue weighted by Crippen LogP contribution is -2.65. The molecular weight excluding hydrogens is 667 g/mol. The predicted octanol–water partition coefficient (Wildman–Crippen LogP) is 7.04. The van der Waals surface area contributed by atoms with Gasteiger partial charge < -0.3 is 19.7 Å². The Morgan fingerprint density at radius 3 is 2.25 bits per heavy atom. The van der Waals surface area contributed by atoms with Gasteiger partial charge in [0.2, 0.25) is 11.8 Å². The number of hydrogen-bond acceptors (Lipinski definition) is 8. The summed E-state index contributed by atoms with van der Waals surface area (Å²) in [6.07, 6.45) is 3.55. The molecule has 2 heterocycles. The van der Waals surface area contributed by atoms with Gasteiger partial charge >= 0.3 is 6.09 Å². The number of ether oxygens (including phenoxy) is 2. The van der Waals surface area contributed by atoms with Gasteiger partial charge in [-0.05, 0) is 113 Å². The van der Waals surface area contributed by atoms with Crippen LogP contribution in [0.5, 0.6) is 5.88 Å². The van der Waals surface area contributed by atoms with E-state index in [0.717, 1.165) is 48.8 Å². The lowest BCUT2D eigenvalue weighted by molar-refractivity contribution is -0.0847. The van der Waals surface area contributed by atoms with Gasteiger partial charge in [-0.15, -0.1) is 0 Å². The molecule has 3 saturated carbocycles. The molecule has 4 aliphatic rings. The molecule has 1 unspecified atom stereocenters. The Labute approximate surface area is 301 Å². The fourth-order valence-corrected chi connectivity index (χ4v) is 9.85. The standard InChI is InChI=1S/C39H49N5O6S/c1-23-11-9-12-24(2)32(23)29-16-31-42-34(41-29)43-51(47,48)28-14-10-13-25(15-28)33(45)44(39(22-49-31)21-30(39)36(3,4)5)27-19-38(20-27)17-26(18-38)40-35(46)50-37(6,7)8/h9-16,26-27,30H,17-22H2,1-8H3,(H,40,46)(H,41,42,43)/t26?,27?,30-,38?,39?/m1/s1. The van der Waals surface area contributed by atoms with Crippen LogP contribution in [0.2, 0.25) is 0 Å². The minimum Gasteiger partial charge on any atom is -0.475 e. The summed E-state index contributed by atoms with van der Waals surface area (Å²) in [6, 6.07) is 13.9. The van der Waals surface area contributed by atoms with Crippen molar-refractivity contribution < 1.29 is 27.5 Å². The highest BCUT2D eigenvalue weighted by Gasteiger charge is 2.68. The molecule has 3 fully saturated rings. The van der Waals surface area contributed by atoms with Crippen molar-refractivity contribution in [3.05, 3.63) is 65.2 Å². The fourth-order valence-electron chi connectivity index (χ4n) is 8.86. The van der Waals surface area contributed by atoms with Crippen LogP contribution < -0.4 is 14.8 Å². The van der Waals surface area contributed by atoms with E-state index in [9.17, 15) is 18.0 Å². The Morgan fingerprint density at radius 2 is 1.63 bits per heavy atom. The number of carbonyl (C=O) groups excluding carboxylic acids is 2. The van der Waals surface area contributed by atoms with Crippen LogP contribution in [0.15, 0.2) is 53.4 Å². The molecule has 2 spiro atoms. The van der Waals surface area contributed by atoms with Gasteiger partial charge in [0.25, 0.3) is 15.9 Å². The van der Waals surface area contributed by atoms with Crippen molar-refractivity contribution in [1.29, 1.82) is 0 Å². The zero-order valence-corrected chi connectivity index (χ0v) is 31.6. The first kappa shape index (κ1) is 35.2. The Bertz CT molecular complexity index is 1980. The first-order valence-electron chi connectivity index (χ1n) is 17.8. The zero-order chi connectivity index (χ0) is 36.7. The number of rotatable bonds is 3. The van der Waals surface area contributed by atoms with Gasteiger partial charge in [-0.25, -0.2) is 22.9 Å². The Kier molecular flexibility index (Phi) is 8.24. The van der Waals surface area contributed by atoms with Crippen LogP contribution in [0.1, 0.15) is 95.1 Å². The molecule has 0 radical (unpaired) electrons. The first-order chi connectivity index (χ1) is 23.8. The van der Waals surface area contributed by atoms with E-state index in [1.54, 1.807) is 18.2 Å². The van der Waals surface area contributed by atoms with Gasteiger partial charge in [0.05, 0.1) is 16.1 Å². The molecule has 2 N–H and O–H groups in total. The minimum absolute atomic E-state index is 0.0247. The Morgan fingerprint density at radius 1 is 0.961 bits per heavy atom. The molecule has 51 heavy (non-hydrogen) atoms. The number of aryl methyl sites for hydroxylation is 2. The Balaban J connectivity index is 1.25. The molecular formula is C39H49N5O6S. The SMILES string of the molecule is Cc1cccc(C)c1-c1cc2nc(n1)NS(=O)(=O)c1cccc(c1)C(=O)N(C1CC3(CC(NC(=O)OC(C)(C)C)C3)C1)C1(CO2)C[C@@H]1C(C)(C)C. The number of nitrogens with one attached hydrogen (secondary N) is 2. The van der Waals surface area contributed by atoms with E-state index < -0.39 is 27.3 Å². The minimum atomic E-state index is -4.16. The van der Waals surface area contributed by atoms with Crippen molar-refractivity contribution in [2.24, 2.45) is 16.7 Å². The predicted molar refractivity (Wildman–Crippen MR) is 194 cm³/mol. The molecule has 2 aromatic carbocycles. The average Bonchev–Trinajstić information content (AvgIpc) is 3.72. The molecule has 0 saturated heterocycles. The monoisotopic (exact) mass is 715 g/mol. The highest BCUT2D eigenvalue weighted by molar-refractivity contribution is 7.92. The van der Waals surface area contributed by atoms with Crippen molar-refractivity contribution in [3.63, 3.8) is 0 Å². The largest absolute Gasteiger partial charge is 0.475 e. The summed E-state index contributed by atoms with van der Waals surface area (Å²) in [5.74, 6) is 0.0507. The van der Waals surface area contributed by atoms with Crippen LogP contribution in [-0.4, -0.2) is 65.1 Å². The number of alkyl carbamates (subject to hydrolysis) is 1. The molecule has 1 aromatic heterocycles. The fraction of sp³-hybridized carbons (Fsp3) is 0.538. The van der Waals surface area contributed by atoms with Crippen LogP contribution in [0, 0.1) is 30.6 Å². The van der Waals surface area contributed by atoms with Crippen molar-refractivity contribution >= 4 is 28.0 Å². The highest BCUT2D eigenvalue weighted by Crippen LogP contribution is 2.64. The van der Waals surface area contributed by atoms with E-state index in [1.807, 2.05) is 57.7 Å². The molecule has 2 atom stereocenters. The maximum atomic E-state index is 14.8. The second-order valence-electron chi connectivity index (χ2n) is 17.3. The molecule has 272 valence electrons. The lowest BCUT2D eigenvalue weighted by atomic mass is 9.51. The average molecular weight is 716 g/mol. The molecule has 4 bridgehead atoms. The van der Waals surface area contributed by atoms with E-state index in [2.05, 4.69) is 40.8 Å². The quantitative estimate of drug-likeness (QED) is 0.295. The van der Waals surface area contributed by atoms with E-state index in [0.29, 0.717) is 11.3 Å².